The van der Waals surface area contributed by atoms with Crippen LogP contribution >= 0.6 is 11.6 Å². The fraction of sp³-hybridized carbons (Fsp3) is 0.333. The highest BCUT2D eigenvalue weighted by atomic mass is 35.5. The number of aliphatic carboxylic acids is 1. The summed E-state index contributed by atoms with van der Waals surface area (Å²) in [5.41, 5.74) is -0.0384. The van der Waals surface area contributed by atoms with Crippen LogP contribution in [0.4, 0.5) is 5.69 Å². The summed E-state index contributed by atoms with van der Waals surface area (Å²) >= 11 is 5.81. The van der Waals surface area contributed by atoms with Gasteiger partial charge in [-0.15, -0.1) is 0 Å². The molecule has 0 bridgehead atoms. The van der Waals surface area contributed by atoms with E-state index in [-0.39, 0.29) is 22.7 Å². The molecule has 0 atom stereocenters. The molecule has 0 saturated heterocycles. The van der Waals surface area contributed by atoms with Gasteiger partial charge in [0.2, 0.25) is 0 Å². The van der Waals surface area contributed by atoms with Crippen molar-refractivity contribution in [3.8, 4) is 0 Å². The third-order valence-corrected chi connectivity index (χ3v) is 2.82. The highest BCUT2D eigenvalue weighted by molar-refractivity contribution is 6.34. The number of non-ortho nitro benzene ring substituents is 1. The van der Waals surface area contributed by atoms with Gasteiger partial charge in [0.25, 0.3) is 11.6 Å². The summed E-state index contributed by atoms with van der Waals surface area (Å²) in [6.45, 7) is 0.319. The van der Waals surface area contributed by atoms with Crippen LogP contribution in [0.1, 0.15) is 29.6 Å². The number of carbonyl (C=O) groups is 2. The molecule has 0 spiro atoms. The summed E-state index contributed by atoms with van der Waals surface area (Å²) in [6, 6.07) is 3.60. The summed E-state index contributed by atoms with van der Waals surface area (Å²) < 4.78 is 0. The number of hydrogen-bond donors (Lipinski definition) is 2. The first kappa shape index (κ1) is 15.9. The summed E-state index contributed by atoms with van der Waals surface area (Å²) in [5, 5.41) is 21.6. The molecular weight excluding hydrogens is 288 g/mol. The lowest BCUT2D eigenvalue weighted by Crippen LogP contribution is -2.24. The molecule has 8 heteroatoms. The number of carbonyl (C=O) groups excluding carboxylic acids is 1. The van der Waals surface area contributed by atoms with Gasteiger partial charge in [-0.25, -0.2) is 0 Å². The van der Waals surface area contributed by atoms with E-state index in [1.807, 2.05) is 0 Å². The average molecular weight is 301 g/mol. The monoisotopic (exact) mass is 300 g/mol. The maximum Gasteiger partial charge on any atom is 0.303 e. The minimum absolute atomic E-state index is 0.00207. The van der Waals surface area contributed by atoms with Crippen molar-refractivity contribution < 1.29 is 19.6 Å². The molecule has 0 heterocycles. The molecule has 0 aromatic heterocycles. The van der Waals surface area contributed by atoms with Crippen molar-refractivity contribution >= 4 is 29.2 Å². The molecule has 2 N–H and O–H groups in total. The van der Waals surface area contributed by atoms with Gasteiger partial charge in [-0.05, 0) is 18.9 Å². The second-order valence-corrected chi connectivity index (χ2v) is 4.44. The minimum atomic E-state index is -0.880. The first-order chi connectivity index (χ1) is 9.41. The molecule has 0 saturated carbocycles. The molecule has 1 aromatic carbocycles. The van der Waals surface area contributed by atoms with Gasteiger partial charge in [0.15, 0.2) is 0 Å². The molecule has 20 heavy (non-hydrogen) atoms. The van der Waals surface area contributed by atoms with Crippen molar-refractivity contribution in [2.24, 2.45) is 0 Å². The van der Waals surface area contributed by atoms with Crippen LogP contribution in [0.2, 0.25) is 5.02 Å². The van der Waals surface area contributed by atoms with Crippen molar-refractivity contribution in [1.82, 2.24) is 5.32 Å². The SMILES string of the molecule is O=C(O)CCCCNC(=O)c1ccc([N+](=O)[O-])cc1Cl. The van der Waals surface area contributed by atoms with E-state index in [0.717, 1.165) is 6.07 Å². The van der Waals surface area contributed by atoms with Crippen LogP contribution < -0.4 is 5.32 Å². The van der Waals surface area contributed by atoms with Crippen LogP contribution in [-0.4, -0.2) is 28.5 Å². The zero-order valence-electron chi connectivity index (χ0n) is 10.5. The molecular formula is C12H13ClN2O5. The Morgan fingerprint density at radius 1 is 1.35 bits per heavy atom. The van der Waals surface area contributed by atoms with Gasteiger partial charge in [0, 0.05) is 25.1 Å². The number of halogens is 1. The second kappa shape index (κ2) is 7.44. The van der Waals surface area contributed by atoms with Crippen LogP contribution in [0.3, 0.4) is 0 Å². The molecule has 0 radical (unpaired) electrons. The van der Waals surface area contributed by atoms with E-state index >= 15 is 0 Å². The zero-order chi connectivity index (χ0) is 15.1. The van der Waals surface area contributed by atoms with Crippen LogP contribution in [0.5, 0.6) is 0 Å². The van der Waals surface area contributed by atoms with Gasteiger partial charge in [-0.2, -0.15) is 0 Å². The summed E-state index contributed by atoms with van der Waals surface area (Å²) in [7, 11) is 0. The molecule has 0 aliphatic heterocycles. The topological polar surface area (TPSA) is 110 Å². The van der Waals surface area contributed by atoms with Gasteiger partial charge < -0.3 is 10.4 Å². The zero-order valence-corrected chi connectivity index (χ0v) is 11.2. The average Bonchev–Trinajstić information content (AvgIpc) is 2.37. The van der Waals surface area contributed by atoms with E-state index in [2.05, 4.69) is 5.32 Å². The minimum Gasteiger partial charge on any atom is -0.481 e. The number of nitro groups is 1. The van der Waals surface area contributed by atoms with E-state index in [1.165, 1.54) is 12.1 Å². The Hall–Kier alpha value is -2.15. The Balaban J connectivity index is 2.51. The van der Waals surface area contributed by atoms with Gasteiger partial charge in [0.1, 0.15) is 0 Å². The predicted octanol–water partition coefficient (Wildman–Crippen LogP) is 2.23. The van der Waals surface area contributed by atoms with Crippen molar-refractivity contribution in [1.29, 1.82) is 0 Å². The fourth-order valence-electron chi connectivity index (χ4n) is 1.50. The number of hydrogen-bond acceptors (Lipinski definition) is 4. The van der Waals surface area contributed by atoms with Crippen molar-refractivity contribution in [3.63, 3.8) is 0 Å². The quantitative estimate of drug-likeness (QED) is 0.456. The first-order valence-corrected chi connectivity index (χ1v) is 6.23. The Labute approximate surface area is 119 Å². The fourth-order valence-corrected chi connectivity index (χ4v) is 1.76. The van der Waals surface area contributed by atoms with Crippen molar-refractivity contribution in [2.75, 3.05) is 6.54 Å². The number of nitrogens with one attached hydrogen (secondary N) is 1. The molecule has 108 valence electrons. The van der Waals surface area contributed by atoms with Crippen LogP contribution in [-0.2, 0) is 4.79 Å². The number of carboxylic acid groups (broad SMARTS) is 1. The smallest absolute Gasteiger partial charge is 0.303 e. The normalized spacial score (nSPS) is 10.1. The molecule has 0 unspecified atom stereocenters. The molecule has 0 aliphatic carbocycles. The van der Waals surface area contributed by atoms with E-state index in [4.69, 9.17) is 16.7 Å². The number of carboxylic acids is 1. The maximum absolute atomic E-state index is 11.8. The van der Waals surface area contributed by atoms with E-state index in [9.17, 15) is 19.7 Å². The van der Waals surface area contributed by atoms with Gasteiger partial charge >= 0.3 is 5.97 Å². The van der Waals surface area contributed by atoms with Gasteiger partial charge in [-0.1, -0.05) is 11.6 Å². The number of rotatable bonds is 7. The van der Waals surface area contributed by atoms with Crippen LogP contribution in [0, 0.1) is 10.1 Å². The Kier molecular flexibility index (Phi) is 5.92. The number of nitro benzene ring substituents is 1. The summed E-state index contributed by atoms with van der Waals surface area (Å²) in [4.78, 5) is 32.0. The Bertz CT molecular complexity index is 533. The number of nitrogens with zero attached hydrogens (tertiary/aromatic N) is 1. The lowest BCUT2D eigenvalue weighted by atomic mass is 10.2. The highest BCUT2D eigenvalue weighted by Crippen LogP contribution is 2.22. The molecule has 1 amide bonds. The van der Waals surface area contributed by atoms with Crippen LogP contribution in [0.15, 0.2) is 18.2 Å². The number of amides is 1. The third kappa shape index (κ3) is 4.85. The van der Waals surface area contributed by atoms with Crippen molar-refractivity contribution in [2.45, 2.75) is 19.3 Å². The van der Waals surface area contributed by atoms with Gasteiger partial charge in [-0.3, -0.25) is 19.7 Å². The third-order valence-electron chi connectivity index (χ3n) is 2.51. The second-order valence-electron chi connectivity index (χ2n) is 4.03. The van der Waals surface area contributed by atoms with Crippen LogP contribution in [0.25, 0.3) is 0 Å². The lowest BCUT2D eigenvalue weighted by Gasteiger charge is -2.06. The molecule has 1 aromatic rings. The predicted molar refractivity (Wildman–Crippen MR) is 71.9 cm³/mol. The summed E-state index contributed by atoms with van der Waals surface area (Å²) in [6.07, 6.45) is 1.04. The number of unbranched alkanes of at least 4 members (excludes halogenated alkanes) is 1. The van der Waals surface area contributed by atoms with E-state index in [0.29, 0.717) is 19.4 Å². The number of benzene rings is 1. The van der Waals surface area contributed by atoms with Gasteiger partial charge in [0.05, 0.1) is 15.5 Å². The summed E-state index contributed by atoms with van der Waals surface area (Å²) in [5.74, 6) is -1.32. The Morgan fingerprint density at radius 2 is 2.05 bits per heavy atom. The molecule has 1 rings (SSSR count). The molecule has 0 fully saturated rings. The van der Waals surface area contributed by atoms with E-state index in [1.54, 1.807) is 0 Å². The van der Waals surface area contributed by atoms with Crippen molar-refractivity contribution in [3.05, 3.63) is 38.9 Å². The largest absolute Gasteiger partial charge is 0.481 e. The molecule has 0 aliphatic rings. The standard InChI is InChI=1S/C12H13ClN2O5/c13-10-7-8(15(19)20)4-5-9(10)12(18)14-6-2-1-3-11(16)17/h4-5,7H,1-3,6H2,(H,14,18)(H,16,17). The first-order valence-electron chi connectivity index (χ1n) is 5.85. The highest BCUT2D eigenvalue weighted by Gasteiger charge is 2.14. The van der Waals surface area contributed by atoms with E-state index < -0.39 is 16.8 Å². The Morgan fingerprint density at radius 3 is 2.60 bits per heavy atom. The lowest BCUT2D eigenvalue weighted by molar-refractivity contribution is -0.384. The molecule has 7 nitrogen and oxygen atoms in total. The maximum atomic E-state index is 11.8.